The normalized spacial score (nSPS) is 12.5. The Kier molecular flexibility index (Phi) is 16.3. The smallest absolute Gasteiger partial charge is 0.318 e. The van der Waals surface area contributed by atoms with Gasteiger partial charge in [-0.05, 0) is 43.0 Å². The van der Waals surface area contributed by atoms with E-state index in [2.05, 4.69) is 43.2 Å². The molecule has 1 amide bonds. The summed E-state index contributed by atoms with van der Waals surface area (Å²) in [6, 6.07) is 5.66. The number of unbranched alkanes of at least 4 members (excludes halogenated alkanes) is 13. The quantitative estimate of drug-likeness (QED) is 0.0629. The third-order valence-electron chi connectivity index (χ3n) is 8.91. The highest BCUT2D eigenvalue weighted by molar-refractivity contribution is 6.34. The summed E-state index contributed by atoms with van der Waals surface area (Å²) in [6.07, 6.45) is 19.8. The fourth-order valence-electron chi connectivity index (χ4n) is 6.04. The fourth-order valence-corrected chi connectivity index (χ4v) is 6.48. The highest BCUT2D eigenvalue weighted by Gasteiger charge is 2.28. The van der Waals surface area contributed by atoms with Crippen molar-refractivity contribution in [3.63, 3.8) is 0 Å². The van der Waals surface area contributed by atoms with Gasteiger partial charge in [0.2, 0.25) is 5.91 Å². The zero-order chi connectivity index (χ0) is 34.2. The Bertz CT molecular complexity index is 1390. The van der Waals surface area contributed by atoms with E-state index < -0.39 is 11.9 Å². The van der Waals surface area contributed by atoms with Crippen molar-refractivity contribution in [1.82, 2.24) is 19.8 Å². The van der Waals surface area contributed by atoms with Crippen molar-refractivity contribution >= 4 is 34.8 Å². The predicted molar refractivity (Wildman–Crippen MR) is 194 cm³/mol. The van der Waals surface area contributed by atoms with Crippen LogP contribution >= 0.6 is 11.6 Å². The van der Waals surface area contributed by atoms with Crippen LogP contribution in [0.5, 0.6) is 0 Å². The maximum Gasteiger partial charge on any atom is 0.318 e. The number of rotatable bonds is 22. The lowest BCUT2D eigenvalue weighted by Crippen LogP contribution is -2.31. The van der Waals surface area contributed by atoms with Crippen LogP contribution in [0.1, 0.15) is 156 Å². The SMILES string of the molecule is CCCCCCCCCCCCCCCCOC(=O)C(CCC)C(=O)Nc1ccc(-c2nc3c(Cl)c(C(C)(C)C)[nH]n3n2)c(CC)c1. The first-order valence-corrected chi connectivity index (χ1v) is 18.7. The second-order valence-corrected chi connectivity index (χ2v) is 14.4. The van der Waals surface area contributed by atoms with E-state index in [4.69, 9.17) is 21.3 Å². The molecule has 3 aromatic rings. The maximum absolute atomic E-state index is 13.2. The average Bonchev–Trinajstić information content (AvgIpc) is 3.60. The van der Waals surface area contributed by atoms with Gasteiger partial charge in [-0.25, -0.2) is 4.98 Å². The van der Waals surface area contributed by atoms with Gasteiger partial charge in [0.1, 0.15) is 10.9 Å². The van der Waals surface area contributed by atoms with Crippen LogP contribution in [0.25, 0.3) is 17.0 Å². The molecule has 0 fully saturated rings. The number of fused-ring (bicyclic) bond motifs is 1. The van der Waals surface area contributed by atoms with Gasteiger partial charge in [-0.3, -0.25) is 14.7 Å². The largest absolute Gasteiger partial charge is 0.465 e. The summed E-state index contributed by atoms with van der Waals surface area (Å²) >= 11 is 6.64. The van der Waals surface area contributed by atoms with Crippen LogP contribution < -0.4 is 5.32 Å². The van der Waals surface area contributed by atoms with Gasteiger partial charge < -0.3 is 10.1 Å². The van der Waals surface area contributed by atoms with E-state index in [0.29, 0.717) is 48.1 Å². The monoisotopic (exact) mass is 669 g/mol. The van der Waals surface area contributed by atoms with E-state index in [-0.39, 0.29) is 11.3 Å². The number of anilines is 1. The van der Waals surface area contributed by atoms with Crippen LogP contribution in [0.3, 0.4) is 0 Å². The van der Waals surface area contributed by atoms with Crippen molar-refractivity contribution in [3.05, 3.63) is 34.5 Å². The molecule has 0 spiro atoms. The Morgan fingerprint density at radius 1 is 0.894 bits per heavy atom. The van der Waals surface area contributed by atoms with E-state index in [1.165, 1.54) is 77.0 Å². The number of hydrogen-bond donors (Lipinski definition) is 2. The number of benzene rings is 1. The summed E-state index contributed by atoms with van der Waals surface area (Å²) in [7, 11) is 0. The topological polar surface area (TPSA) is 101 Å². The van der Waals surface area contributed by atoms with E-state index >= 15 is 0 Å². The number of aromatic nitrogens is 4. The molecule has 0 bridgehead atoms. The summed E-state index contributed by atoms with van der Waals surface area (Å²) in [4.78, 5) is 30.9. The number of nitrogens with one attached hydrogen (secondary N) is 2. The average molecular weight is 670 g/mol. The lowest BCUT2D eigenvalue weighted by atomic mass is 9.92. The highest BCUT2D eigenvalue weighted by Crippen LogP contribution is 2.33. The Labute approximate surface area is 288 Å². The molecule has 1 aromatic carbocycles. The summed E-state index contributed by atoms with van der Waals surface area (Å²) in [6.45, 7) is 12.9. The van der Waals surface area contributed by atoms with Gasteiger partial charge in [0, 0.05) is 16.7 Å². The molecule has 262 valence electrons. The zero-order valence-electron chi connectivity index (χ0n) is 30.0. The molecule has 0 radical (unpaired) electrons. The van der Waals surface area contributed by atoms with Crippen molar-refractivity contribution in [2.75, 3.05) is 11.9 Å². The molecular weight excluding hydrogens is 610 g/mol. The molecule has 47 heavy (non-hydrogen) atoms. The van der Waals surface area contributed by atoms with Crippen molar-refractivity contribution in [3.8, 4) is 11.4 Å². The van der Waals surface area contributed by atoms with Crippen LogP contribution in [0, 0.1) is 5.92 Å². The number of halogens is 1. The first-order valence-electron chi connectivity index (χ1n) is 18.4. The second kappa shape index (κ2) is 19.8. The van der Waals surface area contributed by atoms with Gasteiger partial charge in [-0.1, -0.05) is 143 Å². The third-order valence-corrected chi connectivity index (χ3v) is 9.26. The van der Waals surface area contributed by atoms with E-state index in [0.717, 1.165) is 29.7 Å². The highest BCUT2D eigenvalue weighted by atomic mass is 35.5. The third kappa shape index (κ3) is 12.0. The van der Waals surface area contributed by atoms with Crippen molar-refractivity contribution in [1.29, 1.82) is 0 Å². The summed E-state index contributed by atoms with van der Waals surface area (Å²) in [5.74, 6) is -1.03. The number of carbonyl (C=O) groups is 2. The lowest BCUT2D eigenvalue weighted by Gasteiger charge is -2.16. The first kappa shape index (κ1) is 38.6. The number of carbonyl (C=O) groups excluding carboxylic acids is 2. The van der Waals surface area contributed by atoms with Crippen molar-refractivity contribution in [2.24, 2.45) is 5.92 Å². The molecule has 0 saturated carbocycles. The van der Waals surface area contributed by atoms with Gasteiger partial charge in [0.15, 0.2) is 11.5 Å². The minimum atomic E-state index is -0.828. The molecule has 2 N–H and O–H groups in total. The predicted octanol–water partition coefficient (Wildman–Crippen LogP) is 10.6. The van der Waals surface area contributed by atoms with Gasteiger partial charge in [0.25, 0.3) is 0 Å². The molecule has 0 aliphatic carbocycles. The van der Waals surface area contributed by atoms with Gasteiger partial charge in [-0.2, -0.15) is 4.63 Å². The zero-order valence-corrected chi connectivity index (χ0v) is 30.7. The number of H-pyrrole nitrogens is 1. The number of aromatic amines is 1. The number of ether oxygens (including phenoxy) is 1. The molecule has 1 atom stereocenters. The molecule has 0 saturated heterocycles. The van der Waals surface area contributed by atoms with Crippen molar-refractivity contribution < 1.29 is 14.3 Å². The lowest BCUT2D eigenvalue weighted by molar-refractivity contribution is -0.151. The standard InChI is InChI=1S/C38H60ClN5O3/c1-7-10-11-12-13-14-15-16-17-18-19-20-21-22-26-47-37(46)31(23-8-2)36(45)40-29-24-25-30(28(9-3)27-29)34-41-35-32(39)33(38(4,5)6)42-44(35)43-34/h24-25,27,31,42H,7-23,26H2,1-6H3,(H,40,45). The van der Waals surface area contributed by atoms with Crippen LogP contribution in [-0.4, -0.2) is 38.3 Å². The summed E-state index contributed by atoms with van der Waals surface area (Å²) < 4.78 is 7.19. The van der Waals surface area contributed by atoms with E-state index in [1.807, 2.05) is 32.0 Å². The van der Waals surface area contributed by atoms with Crippen LogP contribution in [0.15, 0.2) is 18.2 Å². The Morgan fingerprint density at radius 2 is 1.49 bits per heavy atom. The fraction of sp³-hybridized carbons (Fsp3) is 0.684. The Hall–Kier alpha value is -2.87. The van der Waals surface area contributed by atoms with E-state index in [1.54, 1.807) is 4.63 Å². The number of nitrogens with zero attached hydrogens (tertiary/aromatic N) is 3. The van der Waals surface area contributed by atoms with Gasteiger partial charge >= 0.3 is 5.97 Å². The number of aryl methyl sites for hydroxylation is 1. The molecular formula is C38H60ClN5O3. The van der Waals surface area contributed by atoms with E-state index in [9.17, 15) is 9.59 Å². The molecule has 0 aliphatic rings. The van der Waals surface area contributed by atoms with Crippen LogP contribution in [0.4, 0.5) is 5.69 Å². The number of hydrogen-bond acceptors (Lipinski definition) is 5. The Balaban J connectivity index is 1.43. The summed E-state index contributed by atoms with van der Waals surface area (Å²) in [5, 5.41) is 11.4. The molecule has 9 heteroatoms. The minimum Gasteiger partial charge on any atom is -0.465 e. The first-order chi connectivity index (χ1) is 22.6. The second-order valence-electron chi connectivity index (χ2n) is 14.0. The molecule has 2 heterocycles. The molecule has 0 aliphatic heterocycles. The number of amides is 1. The van der Waals surface area contributed by atoms with Crippen LogP contribution in [0.2, 0.25) is 5.02 Å². The molecule has 3 rings (SSSR count). The molecule has 2 aromatic heterocycles. The van der Waals surface area contributed by atoms with Gasteiger partial charge in [0.05, 0.1) is 12.3 Å². The molecule has 8 nitrogen and oxygen atoms in total. The molecule has 1 unspecified atom stereocenters. The van der Waals surface area contributed by atoms with Gasteiger partial charge in [-0.15, -0.1) is 5.10 Å². The Morgan fingerprint density at radius 3 is 2.02 bits per heavy atom. The summed E-state index contributed by atoms with van der Waals surface area (Å²) in [5.41, 5.74) is 3.79. The minimum absolute atomic E-state index is 0.165. The number of esters is 1. The van der Waals surface area contributed by atoms with Crippen molar-refractivity contribution in [2.45, 2.75) is 156 Å². The maximum atomic E-state index is 13.2. The van der Waals surface area contributed by atoms with Crippen LogP contribution in [-0.2, 0) is 26.2 Å².